The largest absolute Gasteiger partial charge is 0.477 e. The third-order valence-electron chi connectivity index (χ3n) is 8.10. The summed E-state index contributed by atoms with van der Waals surface area (Å²) in [5.74, 6) is 2.82. The Morgan fingerprint density at radius 1 is 1.10 bits per heavy atom. The van der Waals surface area contributed by atoms with E-state index in [-0.39, 0.29) is 5.91 Å². The molecule has 30 heavy (non-hydrogen) atoms. The summed E-state index contributed by atoms with van der Waals surface area (Å²) >= 11 is 0. The molecular weight excluding hydrogens is 374 g/mol. The maximum Gasteiger partial charge on any atom is 0.261 e. The monoisotopic (exact) mass is 415 g/mol. The van der Waals surface area contributed by atoms with Gasteiger partial charge in [-0.3, -0.25) is 4.79 Å². The maximum absolute atomic E-state index is 13.6. The lowest BCUT2D eigenvalue weighted by molar-refractivity contribution is 0.0155. The Balaban J connectivity index is 1.45. The van der Waals surface area contributed by atoms with E-state index in [1.807, 2.05) is 7.05 Å². The molecule has 0 bridgehead atoms. The van der Waals surface area contributed by atoms with Crippen LogP contribution >= 0.6 is 0 Å². The maximum atomic E-state index is 13.6. The van der Waals surface area contributed by atoms with E-state index in [4.69, 9.17) is 4.74 Å². The van der Waals surface area contributed by atoms with E-state index < -0.39 is 0 Å². The number of hydrogen-bond acceptors (Lipinski definition) is 3. The summed E-state index contributed by atoms with van der Waals surface area (Å²) in [6.45, 7) is 8.69. The fraction of sp³-hybridized carbons (Fsp3) is 0.840. The first-order valence-electron chi connectivity index (χ1n) is 12.3. The van der Waals surface area contributed by atoms with Crippen LogP contribution in [0.4, 0.5) is 0 Å². The van der Waals surface area contributed by atoms with Gasteiger partial charge < -0.3 is 9.64 Å². The summed E-state index contributed by atoms with van der Waals surface area (Å²) in [6, 6.07) is 0.385. The number of carbonyl (C=O) groups is 1. The van der Waals surface area contributed by atoms with Gasteiger partial charge in [-0.25, -0.2) is 4.68 Å². The summed E-state index contributed by atoms with van der Waals surface area (Å²) in [5.41, 5.74) is 1.02. The van der Waals surface area contributed by atoms with Crippen molar-refractivity contribution in [3.05, 3.63) is 11.8 Å². The van der Waals surface area contributed by atoms with Crippen LogP contribution in [0.25, 0.3) is 0 Å². The number of hydrogen-bond donors (Lipinski definition) is 0. The van der Waals surface area contributed by atoms with Crippen LogP contribution in [0, 0.1) is 23.2 Å². The van der Waals surface area contributed by atoms with E-state index in [0.717, 1.165) is 25.3 Å². The van der Waals surface area contributed by atoms with Gasteiger partial charge in [0.2, 0.25) is 5.88 Å². The van der Waals surface area contributed by atoms with Crippen molar-refractivity contribution in [2.24, 2.45) is 30.2 Å². The van der Waals surface area contributed by atoms with Gasteiger partial charge >= 0.3 is 0 Å². The molecule has 0 N–H and O–H groups in total. The van der Waals surface area contributed by atoms with Crippen LogP contribution in [0.5, 0.6) is 5.88 Å². The fourth-order valence-electron chi connectivity index (χ4n) is 6.15. The molecule has 0 aromatic carbocycles. The SMILES string of the molecule is Cn1ncc(C(=O)N2CCC[C@H]3C[C@@H](C(C)(C)C)CC[C@@H]32)c1OCC1CCCCC1. The summed E-state index contributed by atoms with van der Waals surface area (Å²) in [4.78, 5) is 15.8. The third kappa shape index (κ3) is 4.55. The zero-order chi connectivity index (χ0) is 21.3. The molecule has 2 saturated carbocycles. The summed E-state index contributed by atoms with van der Waals surface area (Å²) in [7, 11) is 1.89. The van der Waals surface area contributed by atoms with E-state index in [1.54, 1.807) is 10.9 Å². The Bertz CT molecular complexity index is 729. The predicted octanol–water partition coefficient (Wildman–Crippen LogP) is 5.45. The molecule has 1 aromatic rings. The Morgan fingerprint density at radius 2 is 1.87 bits per heavy atom. The molecule has 3 aliphatic rings. The van der Waals surface area contributed by atoms with Crippen molar-refractivity contribution in [2.75, 3.05) is 13.2 Å². The van der Waals surface area contributed by atoms with Gasteiger partial charge in [0.25, 0.3) is 5.91 Å². The second-order valence-corrected chi connectivity index (χ2v) is 11.1. The molecule has 1 aromatic heterocycles. The van der Waals surface area contributed by atoms with Crippen molar-refractivity contribution in [2.45, 2.75) is 91.0 Å². The molecule has 0 unspecified atom stereocenters. The minimum absolute atomic E-state index is 0.130. The second kappa shape index (κ2) is 8.92. The number of fused-ring (bicyclic) bond motifs is 1. The lowest BCUT2D eigenvalue weighted by Crippen LogP contribution is -2.51. The number of amides is 1. The molecule has 168 valence electrons. The number of aromatic nitrogens is 2. The van der Waals surface area contributed by atoms with Gasteiger partial charge in [-0.2, -0.15) is 5.10 Å². The minimum Gasteiger partial charge on any atom is -0.477 e. The van der Waals surface area contributed by atoms with Crippen molar-refractivity contribution < 1.29 is 9.53 Å². The number of piperidine rings is 1. The van der Waals surface area contributed by atoms with Gasteiger partial charge in [-0.05, 0) is 68.1 Å². The number of rotatable bonds is 4. The second-order valence-electron chi connectivity index (χ2n) is 11.1. The van der Waals surface area contributed by atoms with Crippen LogP contribution < -0.4 is 4.74 Å². The van der Waals surface area contributed by atoms with Crippen LogP contribution in [0.15, 0.2) is 6.20 Å². The van der Waals surface area contributed by atoms with Gasteiger partial charge in [-0.1, -0.05) is 40.0 Å². The van der Waals surface area contributed by atoms with Crippen molar-refractivity contribution in [3.63, 3.8) is 0 Å². The molecule has 0 spiro atoms. The highest BCUT2D eigenvalue weighted by atomic mass is 16.5. The van der Waals surface area contributed by atoms with Gasteiger partial charge in [0.1, 0.15) is 5.56 Å². The lowest BCUT2D eigenvalue weighted by atomic mass is 9.65. The first-order chi connectivity index (χ1) is 14.3. The summed E-state index contributed by atoms with van der Waals surface area (Å²) in [6.07, 6.45) is 14.2. The van der Waals surface area contributed by atoms with Gasteiger partial charge in [0, 0.05) is 19.6 Å². The van der Waals surface area contributed by atoms with E-state index >= 15 is 0 Å². The van der Waals surface area contributed by atoms with Crippen LogP contribution in [-0.2, 0) is 7.05 Å². The Morgan fingerprint density at radius 3 is 2.60 bits per heavy atom. The molecule has 5 heteroatoms. The summed E-state index contributed by atoms with van der Waals surface area (Å²) in [5, 5.41) is 4.39. The highest BCUT2D eigenvalue weighted by Gasteiger charge is 2.42. The Labute approximate surface area is 182 Å². The first kappa shape index (κ1) is 21.7. The molecule has 5 nitrogen and oxygen atoms in total. The van der Waals surface area contributed by atoms with Crippen LogP contribution in [0.3, 0.4) is 0 Å². The number of nitrogens with zero attached hydrogens (tertiary/aromatic N) is 3. The van der Waals surface area contributed by atoms with Crippen molar-refractivity contribution in [3.8, 4) is 5.88 Å². The highest BCUT2D eigenvalue weighted by Crippen LogP contribution is 2.45. The van der Waals surface area contributed by atoms with Gasteiger partial charge in [-0.15, -0.1) is 0 Å². The Kier molecular flexibility index (Phi) is 6.45. The number of likely N-dealkylation sites (tertiary alicyclic amines) is 1. The zero-order valence-corrected chi connectivity index (χ0v) is 19.5. The molecule has 1 amide bonds. The van der Waals surface area contributed by atoms with E-state index in [2.05, 4.69) is 30.8 Å². The van der Waals surface area contributed by atoms with Gasteiger partial charge in [0.15, 0.2) is 0 Å². The van der Waals surface area contributed by atoms with E-state index in [9.17, 15) is 4.79 Å². The van der Waals surface area contributed by atoms with Gasteiger partial charge in [0.05, 0.1) is 12.8 Å². The number of ether oxygens (including phenoxy) is 1. The summed E-state index contributed by atoms with van der Waals surface area (Å²) < 4.78 is 7.95. The molecule has 2 heterocycles. The molecule has 0 radical (unpaired) electrons. The lowest BCUT2D eigenvalue weighted by Gasteiger charge is -2.48. The highest BCUT2D eigenvalue weighted by molar-refractivity contribution is 5.96. The van der Waals surface area contributed by atoms with Crippen molar-refractivity contribution in [1.29, 1.82) is 0 Å². The third-order valence-corrected chi connectivity index (χ3v) is 8.10. The van der Waals surface area contributed by atoms with E-state index in [1.165, 1.54) is 51.4 Å². The molecule has 3 fully saturated rings. The quantitative estimate of drug-likeness (QED) is 0.657. The van der Waals surface area contributed by atoms with Crippen LogP contribution in [0.2, 0.25) is 0 Å². The molecule has 1 saturated heterocycles. The minimum atomic E-state index is 0.130. The molecule has 2 aliphatic carbocycles. The molecule has 1 aliphatic heterocycles. The Hall–Kier alpha value is -1.52. The van der Waals surface area contributed by atoms with Crippen LogP contribution in [0.1, 0.15) is 95.3 Å². The fourth-order valence-corrected chi connectivity index (χ4v) is 6.15. The van der Waals surface area contributed by atoms with Crippen LogP contribution in [-0.4, -0.2) is 39.8 Å². The average molecular weight is 416 g/mol. The smallest absolute Gasteiger partial charge is 0.261 e. The average Bonchev–Trinajstić information content (AvgIpc) is 3.11. The topological polar surface area (TPSA) is 47.4 Å². The normalized spacial score (nSPS) is 28.3. The standard InChI is InChI=1S/C25H41N3O2/c1-25(2,3)20-12-13-22-19(15-20)11-8-14-28(22)23(29)21-16-26-27(4)24(21)30-17-18-9-6-5-7-10-18/h16,18-20,22H,5-15,17H2,1-4H3/t19-,20-,22-/m0/s1. The van der Waals surface area contributed by atoms with E-state index in [0.29, 0.717) is 41.3 Å². The zero-order valence-electron chi connectivity index (χ0n) is 19.5. The first-order valence-corrected chi connectivity index (χ1v) is 12.3. The molecule has 3 atom stereocenters. The van der Waals surface area contributed by atoms with Crippen molar-refractivity contribution in [1.82, 2.24) is 14.7 Å². The predicted molar refractivity (Wildman–Crippen MR) is 120 cm³/mol. The van der Waals surface area contributed by atoms with Crippen molar-refractivity contribution >= 4 is 5.91 Å². The number of carbonyl (C=O) groups excluding carboxylic acids is 1. The molecule has 4 rings (SSSR count). The number of aryl methyl sites for hydroxylation is 1. The molecular formula is C25H41N3O2.